The first-order valence-electron chi connectivity index (χ1n) is 8.25. The number of nitrogens with one attached hydrogen (secondary N) is 1. The largest absolute Gasteiger partial charge is 0.490 e. The van der Waals surface area contributed by atoms with Crippen molar-refractivity contribution in [3.8, 4) is 17.3 Å². The van der Waals surface area contributed by atoms with Gasteiger partial charge in [0.05, 0.1) is 24.0 Å². The van der Waals surface area contributed by atoms with Crippen LogP contribution in [0.25, 0.3) is 11.6 Å². The fourth-order valence-electron chi connectivity index (χ4n) is 2.50. The number of rotatable bonds is 8. The molecule has 1 aromatic carbocycles. The molecule has 2 heterocycles. The molecule has 11 heteroatoms. The molecule has 10 nitrogen and oxygen atoms in total. The number of amides is 1. The Morgan fingerprint density at radius 2 is 2.21 bits per heavy atom. The molecule has 0 aliphatic heterocycles. The third kappa shape index (κ3) is 4.14. The van der Waals surface area contributed by atoms with Crippen LogP contribution in [0.1, 0.15) is 6.92 Å². The van der Waals surface area contributed by atoms with E-state index in [4.69, 9.17) is 9.15 Å². The van der Waals surface area contributed by atoms with E-state index in [0.29, 0.717) is 29.0 Å². The average Bonchev–Trinajstić information content (AvgIpc) is 3.35. The van der Waals surface area contributed by atoms with E-state index in [1.165, 1.54) is 37.1 Å². The van der Waals surface area contributed by atoms with Gasteiger partial charge in [0, 0.05) is 24.4 Å². The third-order valence-electron chi connectivity index (χ3n) is 3.77. The van der Waals surface area contributed by atoms with E-state index in [1.807, 2.05) is 11.5 Å². The molecule has 0 fully saturated rings. The summed E-state index contributed by atoms with van der Waals surface area (Å²) < 4.78 is 12.2. The summed E-state index contributed by atoms with van der Waals surface area (Å²) in [6.07, 6.45) is 1.56. The van der Waals surface area contributed by atoms with Crippen molar-refractivity contribution in [2.45, 2.75) is 18.6 Å². The predicted octanol–water partition coefficient (Wildman–Crippen LogP) is 3.21. The van der Waals surface area contributed by atoms with Gasteiger partial charge in [0.15, 0.2) is 22.5 Å². The number of carbonyl (C=O) groups excluding carboxylic acids is 1. The number of nitro groups is 1. The zero-order chi connectivity index (χ0) is 20.1. The van der Waals surface area contributed by atoms with Gasteiger partial charge in [0.25, 0.3) is 0 Å². The van der Waals surface area contributed by atoms with Crippen LogP contribution in [0, 0.1) is 10.1 Å². The second-order valence-electron chi connectivity index (χ2n) is 5.51. The third-order valence-corrected chi connectivity index (χ3v) is 4.73. The molecule has 0 aliphatic rings. The number of thioether (sulfide) groups is 1. The first-order valence-corrected chi connectivity index (χ1v) is 9.24. The predicted molar refractivity (Wildman–Crippen MR) is 102 cm³/mol. The lowest BCUT2D eigenvalue weighted by atomic mass is 10.2. The Morgan fingerprint density at radius 1 is 1.39 bits per heavy atom. The van der Waals surface area contributed by atoms with Crippen LogP contribution in [0.2, 0.25) is 0 Å². The fraction of sp³-hybridized carbons (Fsp3) is 0.235. The van der Waals surface area contributed by atoms with Gasteiger partial charge in [-0.3, -0.25) is 19.5 Å². The molecular formula is C17H17N5O5S. The van der Waals surface area contributed by atoms with E-state index in [0.717, 1.165) is 0 Å². The van der Waals surface area contributed by atoms with Gasteiger partial charge in [-0.2, -0.15) is 0 Å². The van der Waals surface area contributed by atoms with Gasteiger partial charge in [-0.05, 0) is 25.1 Å². The van der Waals surface area contributed by atoms with Gasteiger partial charge in [0.2, 0.25) is 5.91 Å². The van der Waals surface area contributed by atoms with Gasteiger partial charge in [-0.25, -0.2) is 0 Å². The topological polar surface area (TPSA) is 125 Å². The van der Waals surface area contributed by atoms with Gasteiger partial charge >= 0.3 is 5.69 Å². The molecule has 28 heavy (non-hydrogen) atoms. The van der Waals surface area contributed by atoms with Crippen LogP contribution in [0.5, 0.6) is 5.75 Å². The Hall–Kier alpha value is -3.34. The molecule has 1 N–H and O–H groups in total. The van der Waals surface area contributed by atoms with Crippen LogP contribution >= 0.6 is 11.8 Å². The molecule has 2 aromatic heterocycles. The number of benzene rings is 1. The highest BCUT2D eigenvalue weighted by atomic mass is 32.2. The van der Waals surface area contributed by atoms with Crippen LogP contribution in [0.4, 0.5) is 11.4 Å². The van der Waals surface area contributed by atoms with Crippen molar-refractivity contribution in [3.05, 3.63) is 46.7 Å². The Morgan fingerprint density at radius 3 is 2.86 bits per heavy atom. The molecule has 3 aromatic rings. The van der Waals surface area contributed by atoms with Crippen molar-refractivity contribution in [1.82, 2.24) is 14.8 Å². The number of aromatic nitrogens is 3. The Kier molecular flexibility index (Phi) is 5.94. The molecule has 0 radical (unpaired) electrons. The van der Waals surface area contributed by atoms with Crippen molar-refractivity contribution < 1.29 is 18.9 Å². The minimum Gasteiger partial charge on any atom is -0.490 e. The van der Waals surface area contributed by atoms with Crippen molar-refractivity contribution in [2.24, 2.45) is 0 Å². The number of nitrogens with zero attached hydrogens (tertiary/aromatic N) is 4. The summed E-state index contributed by atoms with van der Waals surface area (Å²) >= 11 is 1.23. The number of carbonyl (C=O) groups is 1. The summed E-state index contributed by atoms with van der Waals surface area (Å²) in [6.45, 7) is 2.57. The smallest absolute Gasteiger partial charge is 0.311 e. The van der Waals surface area contributed by atoms with E-state index < -0.39 is 4.92 Å². The summed E-state index contributed by atoms with van der Waals surface area (Å²) in [6, 6.07) is 7.70. The number of hydrogen-bond acceptors (Lipinski definition) is 8. The highest BCUT2D eigenvalue weighted by Gasteiger charge is 2.18. The fourth-order valence-corrected chi connectivity index (χ4v) is 3.30. The highest BCUT2D eigenvalue weighted by molar-refractivity contribution is 7.99. The second-order valence-corrected chi connectivity index (χ2v) is 6.45. The first-order chi connectivity index (χ1) is 13.5. The summed E-state index contributed by atoms with van der Waals surface area (Å²) in [5.74, 6) is 1.07. The Bertz CT molecular complexity index is 986. The minimum absolute atomic E-state index is 0.0734. The maximum atomic E-state index is 12.3. The van der Waals surface area contributed by atoms with Crippen molar-refractivity contribution in [3.63, 3.8) is 0 Å². The van der Waals surface area contributed by atoms with Crippen molar-refractivity contribution in [2.75, 3.05) is 18.2 Å². The standard InChI is InChI=1S/C17H17N5O5S/c1-3-21-16(13-5-4-8-27-13)19-20-17(21)28-10-15(23)18-11-6-7-12(22(24)25)14(9-11)26-2/h4-9H,3,10H2,1-2H3,(H,18,23). The average molecular weight is 403 g/mol. The summed E-state index contributed by atoms with van der Waals surface area (Å²) in [5, 5.41) is 22.5. The van der Waals surface area contributed by atoms with E-state index in [-0.39, 0.29) is 23.1 Å². The first kappa shape index (κ1) is 19.4. The lowest BCUT2D eigenvalue weighted by Crippen LogP contribution is -2.14. The second kappa shape index (κ2) is 8.57. The van der Waals surface area contributed by atoms with Crippen molar-refractivity contribution >= 4 is 29.0 Å². The molecule has 0 spiro atoms. The number of anilines is 1. The van der Waals surface area contributed by atoms with Gasteiger partial charge in [-0.1, -0.05) is 11.8 Å². The van der Waals surface area contributed by atoms with E-state index in [2.05, 4.69) is 15.5 Å². The molecule has 1 amide bonds. The van der Waals surface area contributed by atoms with E-state index in [1.54, 1.807) is 18.4 Å². The van der Waals surface area contributed by atoms with Crippen LogP contribution < -0.4 is 10.1 Å². The number of ether oxygens (including phenoxy) is 1. The molecule has 146 valence electrons. The van der Waals surface area contributed by atoms with E-state index in [9.17, 15) is 14.9 Å². The highest BCUT2D eigenvalue weighted by Crippen LogP contribution is 2.30. The maximum Gasteiger partial charge on any atom is 0.311 e. The lowest BCUT2D eigenvalue weighted by Gasteiger charge is -2.08. The monoisotopic (exact) mass is 403 g/mol. The number of hydrogen-bond donors (Lipinski definition) is 1. The number of methoxy groups -OCH3 is 1. The normalized spacial score (nSPS) is 10.6. The molecule has 0 aliphatic carbocycles. The molecule has 0 unspecified atom stereocenters. The molecule has 0 bridgehead atoms. The van der Waals surface area contributed by atoms with E-state index >= 15 is 0 Å². The molecule has 0 atom stereocenters. The summed E-state index contributed by atoms with van der Waals surface area (Å²) in [5.41, 5.74) is 0.234. The summed E-state index contributed by atoms with van der Waals surface area (Å²) in [7, 11) is 1.33. The van der Waals surface area contributed by atoms with Crippen LogP contribution in [0.3, 0.4) is 0 Å². The Balaban J connectivity index is 1.66. The molecule has 0 saturated heterocycles. The number of furan rings is 1. The summed E-state index contributed by atoms with van der Waals surface area (Å²) in [4.78, 5) is 22.6. The SMILES string of the molecule is CCn1c(SCC(=O)Nc2ccc([N+](=O)[O-])c(OC)c2)nnc1-c1ccco1. The van der Waals surface area contributed by atoms with Crippen LogP contribution in [0.15, 0.2) is 46.2 Å². The van der Waals surface area contributed by atoms with Gasteiger partial charge < -0.3 is 14.5 Å². The molecular weight excluding hydrogens is 386 g/mol. The Labute approximate surface area is 164 Å². The molecule has 0 saturated carbocycles. The van der Waals surface area contributed by atoms with Gasteiger partial charge in [0.1, 0.15) is 0 Å². The van der Waals surface area contributed by atoms with Crippen LogP contribution in [-0.2, 0) is 11.3 Å². The quantitative estimate of drug-likeness (QED) is 0.345. The maximum absolute atomic E-state index is 12.3. The lowest BCUT2D eigenvalue weighted by molar-refractivity contribution is -0.385. The minimum atomic E-state index is -0.547. The number of nitro benzene ring substituents is 1. The van der Waals surface area contributed by atoms with Crippen molar-refractivity contribution in [1.29, 1.82) is 0 Å². The van der Waals surface area contributed by atoms with Crippen LogP contribution in [-0.4, -0.2) is 38.5 Å². The zero-order valence-corrected chi connectivity index (χ0v) is 15.9. The molecule has 3 rings (SSSR count). The van der Waals surface area contributed by atoms with Gasteiger partial charge in [-0.15, -0.1) is 10.2 Å². The zero-order valence-electron chi connectivity index (χ0n) is 15.1.